The lowest BCUT2D eigenvalue weighted by atomic mass is 10.1. The van der Waals surface area contributed by atoms with Gasteiger partial charge in [-0.2, -0.15) is 5.26 Å². The van der Waals surface area contributed by atoms with Crippen LogP contribution in [0, 0.1) is 17.1 Å². The van der Waals surface area contributed by atoms with Crippen LogP contribution in [-0.2, 0) is 0 Å². The van der Waals surface area contributed by atoms with E-state index in [-0.39, 0.29) is 18.5 Å². The minimum Gasteiger partial charge on any atom is -0.507 e. The molecular weight excluding hydrogens is 211 g/mol. The van der Waals surface area contributed by atoms with Gasteiger partial charge in [-0.05, 0) is 12.1 Å². The molecule has 0 aromatic heterocycles. The monoisotopic (exact) mass is 222 g/mol. The summed E-state index contributed by atoms with van der Waals surface area (Å²) in [6.07, 6.45) is 0.164. The fourth-order valence-electron chi connectivity index (χ4n) is 1.23. The third-order valence-electron chi connectivity index (χ3n) is 2.11. The average molecular weight is 222 g/mol. The molecule has 5 heteroatoms. The Balaban J connectivity index is 2.93. The number of hydrogen-bond acceptors (Lipinski definition) is 3. The van der Waals surface area contributed by atoms with Gasteiger partial charge in [0.1, 0.15) is 17.1 Å². The Morgan fingerprint density at radius 1 is 1.62 bits per heavy atom. The molecule has 0 unspecified atom stereocenters. The van der Waals surface area contributed by atoms with Gasteiger partial charge in [0, 0.05) is 13.6 Å². The molecule has 1 aromatic carbocycles. The quantitative estimate of drug-likeness (QED) is 0.843. The van der Waals surface area contributed by atoms with Gasteiger partial charge in [0.05, 0.1) is 12.5 Å². The molecule has 0 spiro atoms. The van der Waals surface area contributed by atoms with E-state index in [0.29, 0.717) is 0 Å². The normalized spacial score (nSPS) is 9.56. The number of amides is 1. The van der Waals surface area contributed by atoms with Crippen LogP contribution < -0.4 is 0 Å². The van der Waals surface area contributed by atoms with Crippen LogP contribution in [0.3, 0.4) is 0 Å². The fraction of sp³-hybridized carbons (Fsp3) is 0.273. The van der Waals surface area contributed by atoms with Crippen molar-refractivity contribution in [3.05, 3.63) is 29.6 Å². The first-order chi connectivity index (χ1) is 7.57. The third-order valence-corrected chi connectivity index (χ3v) is 2.11. The summed E-state index contributed by atoms with van der Waals surface area (Å²) in [4.78, 5) is 12.9. The number of phenolic OH excluding ortho intramolecular Hbond substituents is 1. The Bertz CT molecular complexity index is 420. The minimum atomic E-state index is -0.770. The molecule has 0 heterocycles. The Hall–Kier alpha value is -2.09. The van der Waals surface area contributed by atoms with Crippen molar-refractivity contribution in [2.24, 2.45) is 0 Å². The van der Waals surface area contributed by atoms with Gasteiger partial charge in [0.25, 0.3) is 5.91 Å². The first-order valence-electron chi connectivity index (χ1n) is 4.67. The van der Waals surface area contributed by atoms with Gasteiger partial charge in [-0.15, -0.1) is 0 Å². The van der Waals surface area contributed by atoms with E-state index in [1.54, 1.807) is 0 Å². The molecule has 0 aliphatic rings. The smallest absolute Gasteiger partial charge is 0.260 e. The second-order valence-corrected chi connectivity index (χ2v) is 3.27. The molecule has 0 atom stereocenters. The number of nitriles is 1. The van der Waals surface area contributed by atoms with Gasteiger partial charge in [-0.1, -0.05) is 6.07 Å². The maximum absolute atomic E-state index is 13.3. The standard InChI is InChI=1S/C11H11FN2O2/c1-14(7-3-6-13)11(16)10-8(12)4-2-5-9(10)15/h2,4-5,15H,3,7H2,1H3. The Morgan fingerprint density at radius 2 is 2.31 bits per heavy atom. The molecule has 0 aliphatic heterocycles. The van der Waals surface area contributed by atoms with Crippen molar-refractivity contribution in [3.63, 3.8) is 0 Å². The van der Waals surface area contributed by atoms with Gasteiger partial charge in [0.2, 0.25) is 0 Å². The summed E-state index contributed by atoms with van der Waals surface area (Å²) in [5, 5.41) is 17.7. The molecule has 1 N–H and O–H groups in total. The number of phenols is 1. The number of hydrogen-bond donors (Lipinski definition) is 1. The van der Waals surface area contributed by atoms with Crippen molar-refractivity contribution in [2.75, 3.05) is 13.6 Å². The van der Waals surface area contributed by atoms with Crippen LogP contribution in [0.15, 0.2) is 18.2 Å². The topological polar surface area (TPSA) is 64.3 Å². The van der Waals surface area contributed by atoms with Crippen LogP contribution in [0.5, 0.6) is 5.75 Å². The number of halogens is 1. The van der Waals surface area contributed by atoms with Crippen LogP contribution in [0.1, 0.15) is 16.8 Å². The number of carbonyl (C=O) groups is 1. The van der Waals surface area contributed by atoms with Crippen LogP contribution in [-0.4, -0.2) is 29.5 Å². The van der Waals surface area contributed by atoms with E-state index in [1.807, 2.05) is 6.07 Å². The van der Waals surface area contributed by atoms with Gasteiger partial charge >= 0.3 is 0 Å². The van der Waals surface area contributed by atoms with Crippen LogP contribution in [0.25, 0.3) is 0 Å². The van der Waals surface area contributed by atoms with Crippen LogP contribution in [0.2, 0.25) is 0 Å². The summed E-state index contributed by atoms with van der Waals surface area (Å²) < 4.78 is 13.3. The molecule has 1 aromatic rings. The second-order valence-electron chi connectivity index (χ2n) is 3.27. The predicted octanol–water partition coefficient (Wildman–Crippen LogP) is 1.52. The van der Waals surface area contributed by atoms with E-state index < -0.39 is 17.5 Å². The van der Waals surface area contributed by atoms with Crippen molar-refractivity contribution in [1.29, 1.82) is 5.26 Å². The molecule has 84 valence electrons. The molecule has 1 rings (SSSR count). The second kappa shape index (κ2) is 5.12. The summed E-state index contributed by atoms with van der Waals surface area (Å²) >= 11 is 0. The Kier molecular flexibility index (Phi) is 3.84. The molecule has 0 saturated carbocycles. The molecule has 0 saturated heterocycles. The first-order valence-corrected chi connectivity index (χ1v) is 4.67. The molecule has 0 fully saturated rings. The van der Waals surface area contributed by atoms with Crippen molar-refractivity contribution < 1.29 is 14.3 Å². The summed E-state index contributed by atoms with van der Waals surface area (Å²) in [5.41, 5.74) is -0.358. The highest BCUT2D eigenvalue weighted by molar-refractivity contribution is 5.96. The zero-order valence-electron chi connectivity index (χ0n) is 8.77. The van der Waals surface area contributed by atoms with E-state index in [1.165, 1.54) is 24.1 Å². The van der Waals surface area contributed by atoms with Crippen molar-refractivity contribution >= 4 is 5.91 Å². The summed E-state index contributed by atoms with van der Waals surface area (Å²) in [5.74, 6) is -1.80. The fourth-order valence-corrected chi connectivity index (χ4v) is 1.23. The molecule has 1 amide bonds. The average Bonchev–Trinajstić information content (AvgIpc) is 2.25. The van der Waals surface area contributed by atoms with E-state index in [0.717, 1.165) is 6.07 Å². The highest BCUT2D eigenvalue weighted by Gasteiger charge is 2.19. The lowest BCUT2D eigenvalue weighted by molar-refractivity contribution is 0.0790. The number of nitrogens with zero attached hydrogens (tertiary/aromatic N) is 2. The van der Waals surface area contributed by atoms with Crippen molar-refractivity contribution in [2.45, 2.75) is 6.42 Å². The lowest BCUT2D eigenvalue weighted by Crippen LogP contribution is -2.28. The van der Waals surface area contributed by atoms with E-state index in [4.69, 9.17) is 5.26 Å². The van der Waals surface area contributed by atoms with E-state index >= 15 is 0 Å². The van der Waals surface area contributed by atoms with Gasteiger partial charge in [-0.25, -0.2) is 4.39 Å². The number of carbonyl (C=O) groups excluding carboxylic acids is 1. The molecular formula is C11H11FN2O2. The minimum absolute atomic E-state index is 0.164. The van der Waals surface area contributed by atoms with Gasteiger partial charge < -0.3 is 10.0 Å². The van der Waals surface area contributed by atoms with E-state index in [9.17, 15) is 14.3 Å². The van der Waals surface area contributed by atoms with Crippen LogP contribution in [0.4, 0.5) is 4.39 Å². The van der Waals surface area contributed by atoms with Gasteiger partial charge in [0.15, 0.2) is 0 Å². The number of benzene rings is 1. The van der Waals surface area contributed by atoms with Crippen molar-refractivity contribution in [1.82, 2.24) is 4.90 Å². The highest BCUT2D eigenvalue weighted by Crippen LogP contribution is 2.21. The number of rotatable bonds is 3. The zero-order chi connectivity index (χ0) is 12.1. The van der Waals surface area contributed by atoms with E-state index in [2.05, 4.69) is 0 Å². The molecule has 0 aliphatic carbocycles. The SMILES string of the molecule is CN(CCC#N)C(=O)c1c(O)cccc1F. The number of aromatic hydroxyl groups is 1. The van der Waals surface area contributed by atoms with Gasteiger partial charge in [-0.3, -0.25) is 4.79 Å². The van der Waals surface area contributed by atoms with Crippen molar-refractivity contribution in [3.8, 4) is 11.8 Å². The largest absolute Gasteiger partial charge is 0.507 e. The molecule has 16 heavy (non-hydrogen) atoms. The Labute approximate surface area is 92.5 Å². The summed E-state index contributed by atoms with van der Waals surface area (Å²) in [7, 11) is 1.45. The Morgan fingerprint density at radius 3 is 2.88 bits per heavy atom. The first kappa shape index (κ1) is 12.0. The predicted molar refractivity (Wildman–Crippen MR) is 55.3 cm³/mol. The lowest BCUT2D eigenvalue weighted by Gasteiger charge is -2.16. The maximum Gasteiger partial charge on any atom is 0.260 e. The maximum atomic E-state index is 13.3. The molecule has 4 nitrogen and oxygen atoms in total. The third kappa shape index (κ3) is 2.48. The summed E-state index contributed by atoms with van der Waals surface area (Å²) in [6, 6.07) is 5.55. The highest BCUT2D eigenvalue weighted by atomic mass is 19.1. The van der Waals surface area contributed by atoms with Crippen LogP contribution >= 0.6 is 0 Å². The zero-order valence-corrected chi connectivity index (χ0v) is 8.77. The molecule has 0 radical (unpaired) electrons. The summed E-state index contributed by atoms with van der Waals surface area (Å²) in [6.45, 7) is 0.198. The molecule has 0 bridgehead atoms.